The Morgan fingerprint density at radius 2 is 1.67 bits per heavy atom. The number of carbonyl (C=O) groups is 1. The number of fused-ring (bicyclic) bond motifs is 1. The number of H-pyrrole nitrogens is 1. The average molecular weight is 471 g/mol. The molecule has 7 nitrogen and oxygen atoms in total. The standard InChI is InChI=1S/C23H20F2N4O3S/c1-26-17-7-14(19-6-4-15(24)10-20(19)25)8-18(11-17)27-23(30)22-9-13-3-5-16(12-21(13)28-22)29-33(2,31)32/h3-12,26,28-29H,1-2H3,(H,27,30). The van der Waals surface area contributed by atoms with E-state index in [1.54, 1.807) is 49.5 Å². The summed E-state index contributed by atoms with van der Waals surface area (Å²) >= 11 is 0. The van der Waals surface area contributed by atoms with Crippen LogP contribution in [0.5, 0.6) is 0 Å². The monoisotopic (exact) mass is 470 g/mol. The fourth-order valence-electron chi connectivity index (χ4n) is 3.45. The molecular weight excluding hydrogens is 450 g/mol. The highest BCUT2D eigenvalue weighted by atomic mass is 32.2. The molecule has 4 N–H and O–H groups in total. The lowest BCUT2D eigenvalue weighted by atomic mass is 10.0. The second-order valence-electron chi connectivity index (χ2n) is 7.49. The zero-order valence-corrected chi connectivity index (χ0v) is 18.5. The van der Waals surface area contributed by atoms with E-state index in [0.29, 0.717) is 28.1 Å². The molecule has 0 unspecified atom stereocenters. The first-order chi connectivity index (χ1) is 15.6. The molecule has 0 saturated carbocycles. The van der Waals surface area contributed by atoms with Crippen molar-refractivity contribution < 1.29 is 22.0 Å². The topological polar surface area (TPSA) is 103 Å². The molecule has 0 spiro atoms. The Kier molecular flexibility index (Phi) is 5.77. The van der Waals surface area contributed by atoms with Crippen molar-refractivity contribution in [1.29, 1.82) is 0 Å². The van der Waals surface area contributed by atoms with Crippen LogP contribution in [0.3, 0.4) is 0 Å². The molecule has 1 heterocycles. The van der Waals surface area contributed by atoms with Crippen molar-refractivity contribution >= 4 is 43.9 Å². The van der Waals surface area contributed by atoms with Crippen molar-refractivity contribution in [2.45, 2.75) is 0 Å². The van der Waals surface area contributed by atoms with Crippen molar-refractivity contribution in [2.24, 2.45) is 0 Å². The minimum atomic E-state index is -3.43. The third-order valence-corrected chi connectivity index (χ3v) is 5.50. The molecule has 3 aromatic carbocycles. The first kappa shape index (κ1) is 22.3. The van der Waals surface area contributed by atoms with Crippen molar-refractivity contribution in [1.82, 2.24) is 4.98 Å². The van der Waals surface area contributed by atoms with Gasteiger partial charge in [-0.1, -0.05) is 6.07 Å². The molecule has 0 bridgehead atoms. The Morgan fingerprint density at radius 3 is 2.36 bits per heavy atom. The van der Waals surface area contributed by atoms with E-state index in [-0.39, 0.29) is 11.3 Å². The van der Waals surface area contributed by atoms with E-state index in [0.717, 1.165) is 17.7 Å². The summed E-state index contributed by atoms with van der Waals surface area (Å²) in [5.41, 5.74) is 2.89. The molecular formula is C23H20F2N4O3S. The van der Waals surface area contributed by atoms with Gasteiger partial charge in [0.15, 0.2) is 0 Å². The van der Waals surface area contributed by atoms with E-state index < -0.39 is 27.6 Å². The summed E-state index contributed by atoms with van der Waals surface area (Å²) in [7, 11) is -1.75. The largest absolute Gasteiger partial charge is 0.388 e. The SMILES string of the molecule is CNc1cc(NC(=O)c2cc3ccc(NS(C)(=O)=O)cc3[nH]2)cc(-c2ccc(F)cc2F)c1. The van der Waals surface area contributed by atoms with E-state index >= 15 is 0 Å². The summed E-state index contributed by atoms with van der Waals surface area (Å²) in [5, 5.41) is 6.45. The molecule has 0 radical (unpaired) electrons. The number of nitrogens with one attached hydrogen (secondary N) is 4. The first-order valence-electron chi connectivity index (χ1n) is 9.81. The summed E-state index contributed by atoms with van der Waals surface area (Å²) in [6.45, 7) is 0. The molecule has 1 amide bonds. The van der Waals surface area contributed by atoms with Crippen LogP contribution in [0.1, 0.15) is 10.5 Å². The second kappa shape index (κ2) is 8.55. The zero-order valence-electron chi connectivity index (χ0n) is 17.7. The van der Waals surface area contributed by atoms with Gasteiger partial charge in [-0.2, -0.15) is 0 Å². The molecule has 0 atom stereocenters. The normalized spacial score (nSPS) is 11.4. The van der Waals surface area contributed by atoms with Gasteiger partial charge in [-0.25, -0.2) is 17.2 Å². The molecule has 170 valence electrons. The number of hydrogen-bond donors (Lipinski definition) is 4. The molecule has 0 aliphatic carbocycles. The van der Waals surface area contributed by atoms with Gasteiger partial charge in [-0.05, 0) is 54.1 Å². The number of sulfonamides is 1. The molecule has 0 aliphatic rings. The van der Waals surface area contributed by atoms with E-state index in [1.165, 1.54) is 12.1 Å². The molecule has 0 saturated heterocycles. The number of halogens is 2. The second-order valence-corrected chi connectivity index (χ2v) is 9.24. The van der Waals surface area contributed by atoms with Gasteiger partial charge in [0.2, 0.25) is 10.0 Å². The summed E-state index contributed by atoms with van der Waals surface area (Å²) in [4.78, 5) is 15.8. The van der Waals surface area contributed by atoms with Crippen molar-refractivity contribution in [3.63, 3.8) is 0 Å². The Hall–Kier alpha value is -3.92. The maximum absolute atomic E-state index is 14.3. The van der Waals surface area contributed by atoms with E-state index in [9.17, 15) is 22.0 Å². The Morgan fingerprint density at radius 1 is 0.909 bits per heavy atom. The van der Waals surface area contributed by atoms with Gasteiger partial charge in [0.25, 0.3) is 5.91 Å². The average Bonchev–Trinajstić information content (AvgIpc) is 3.16. The minimum Gasteiger partial charge on any atom is -0.388 e. The molecule has 0 aliphatic heterocycles. The van der Waals surface area contributed by atoms with Crippen molar-refractivity contribution in [2.75, 3.05) is 28.7 Å². The molecule has 4 aromatic rings. The van der Waals surface area contributed by atoms with Gasteiger partial charge in [0.05, 0.1) is 11.9 Å². The Bertz CT molecular complexity index is 1480. The Balaban J connectivity index is 1.63. The van der Waals surface area contributed by atoms with Gasteiger partial charge in [0.1, 0.15) is 17.3 Å². The van der Waals surface area contributed by atoms with Gasteiger partial charge < -0.3 is 15.6 Å². The quantitative estimate of drug-likeness (QED) is 0.326. The summed E-state index contributed by atoms with van der Waals surface area (Å²) in [5.74, 6) is -1.83. The molecule has 1 aromatic heterocycles. The van der Waals surface area contributed by atoms with E-state index in [2.05, 4.69) is 20.3 Å². The number of anilines is 3. The highest BCUT2D eigenvalue weighted by Gasteiger charge is 2.14. The maximum Gasteiger partial charge on any atom is 0.272 e. The smallest absolute Gasteiger partial charge is 0.272 e. The summed E-state index contributed by atoms with van der Waals surface area (Å²) < 4.78 is 52.9. The number of carbonyl (C=O) groups excluding carboxylic acids is 1. The maximum atomic E-state index is 14.3. The number of amides is 1. The Labute approximate surface area is 188 Å². The van der Waals surface area contributed by atoms with Crippen LogP contribution in [-0.4, -0.2) is 32.6 Å². The predicted molar refractivity (Wildman–Crippen MR) is 126 cm³/mol. The number of aromatic amines is 1. The van der Waals surface area contributed by atoms with Crippen LogP contribution in [0.2, 0.25) is 0 Å². The third kappa shape index (κ3) is 5.12. The van der Waals surface area contributed by atoms with Gasteiger partial charge in [-0.3, -0.25) is 9.52 Å². The van der Waals surface area contributed by atoms with Crippen molar-refractivity contribution in [3.8, 4) is 11.1 Å². The fourth-order valence-corrected chi connectivity index (χ4v) is 4.00. The molecule has 10 heteroatoms. The highest BCUT2D eigenvalue weighted by molar-refractivity contribution is 7.92. The van der Waals surface area contributed by atoms with Crippen LogP contribution >= 0.6 is 0 Å². The number of benzene rings is 3. The molecule has 4 rings (SSSR count). The number of rotatable bonds is 6. The van der Waals surface area contributed by atoms with Crippen LogP contribution in [0.15, 0.2) is 60.7 Å². The zero-order chi connectivity index (χ0) is 23.8. The minimum absolute atomic E-state index is 0.195. The van der Waals surface area contributed by atoms with Crippen LogP contribution < -0.4 is 15.4 Å². The van der Waals surface area contributed by atoms with Crippen LogP contribution in [0.25, 0.3) is 22.0 Å². The van der Waals surface area contributed by atoms with Crippen LogP contribution in [0, 0.1) is 11.6 Å². The summed E-state index contributed by atoms with van der Waals surface area (Å²) in [6, 6.07) is 14.8. The fraction of sp³-hybridized carbons (Fsp3) is 0.0870. The van der Waals surface area contributed by atoms with Crippen LogP contribution in [0.4, 0.5) is 25.8 Å². The van der Waals surface area contributed by atoms with Gasteiger partial charge >= 0.3 is 0 Å². The van der Waals surface area contributed by atoms with E-state index in [4.69, 9.17) is 0 Å². The van der Waals surface area contributed by atoms with Gasteiger partial charge in [0, 0.05) is 41.0 Å². The number of hydrogen-bond acceptors (Lipinski definition) is 4. The lowest BCUT2D eigenvalue weighted by Crippen LogP contribution is -2.12. The van der Waals surface area contributed by atoms with Gasteiger partial charge in [-0.15, -0.1) is 0 Å². The van der Waals surface area contributed by atoms with Crippen LogP contribution in [-0.2, 0) is 10.0 Å². The lowest BCUT2D eigenvalue weighted by molar-refractivity contribution is 0.102. The summed E-state index contributed by atoms with van der Waals surface area (Å²) in [6.07, 6.45) is 1.05. The molecule has 0 fully saturated rings. The predicted octanol–water partition coefficient (Wildman–Crippen LogP) is 4.78. The van der Waals surface area contributed by atoms with Crippen molar-refractivity contribution in [3.05, 3.63) is 78.0 Å². The highest BCUT2D eigenvalue weighted by Crippen LogP contribution is 2.30. The first-order valence-corrected chi connectivity index (χ1v) is 11.7. The number of aromatic nitrogens is 1. The van der Waals surface area contributed by atoms with E-state index in [1.807, 2.05) is 0 Å². The lowest BCUT2D eigenvalue weighted by Gasteiger charge is -2.11. The third-order valence-electron chi connectivity index (χ3n) is 4.89. The molecule has 33 heavy (non-hydrogen) atoms.